The van der Waals surface area contributed by atoms with Crippen molar-refractivity contribution in [3.63, 3.8) is 0 Å². The fourth-order valence-corrected chi connectivity index (χ4v) is 2.22. The molecule has 0 aromatic heterocycles. The summed E-state index contributed by atoms with van der Waals surface area (Å²) in [4.78, 5) is 0. The average Bonchev–Trinajstić information content (AvgIpc) is 2.24. The fourth-order valence-electron chi connectivity index (χ4n) is 2.22. The number of anilines is 2. The molecule has 0 bridgehead atoms. The van der Waals surface area contributed by atoms with Crippen LogP contribution in [0, 0.1) is 6.92 Å². The third-order valence-electron chi connectivity index (χ3n) is 3.01. The highest BCUT2D eigenvalue weighted by Crippen LogP contribution is 2.19. The second kappa shape index (κ2) is 7.21. The SMILES string of the molecule is CCCCC(CCC)Nc1cc(C)cc(N)c1. The summed E-state index contributed by atoms with van der Waals surface area (Å²) in [7, 11) is 0. The number of nitrogen functional groups attached to an aromatic ring is 1. The van der Waals surface area contributed by atoms with Gasteiger partial charge in [0.1, 0.15) is 0 Å². The van der Waals surface area contributed by atoms with Crippen molar-refractivity contribution in [3.05, 3.63) is 23.8 Å². The van der Waals surface area contributed by atoms with Crippen molar-refractivity contribution in [2.24, 2.45) is 0 Å². The van der Waals surface area contributed by atoms with Gasteiger partial charge < -0.3 is 11.1 Å². The Bertz CT molecular complexity index is 313. The first-order valence-electron chi connectivity index (χ1n) is 6.79. The topological polar surface area (TPSA) is 38.0 Å². The molecule has 2 nitrogen and oxygen atoms in total. The van der Waals surface area contributed by atoms with Crippen LogP contribution in [-0.4, -0.2) is 6.04 Å². The summed E-state index contributed by atoms with van der Waals surface area (Å²) in [5.41, 5.74) is 9.10. The molecule has 0 heterocycles. The molecule has 1 unspecified atom stereocenters. The molecule has 0 aliphatic carbocycles. The van der Waals surface area contributed by atoms with E-state index in [-0.39, 0.29) is 0 Å². The van der Waals surface area contributed by atoms with Crippen molar-refractivity contribution in [2.75, 3.05) is 11.1 Å². The van der Waals surface area contributed by atoms with Gasteiger partial charge in [0.2, 0.25) is 0 Å². The molecule has 0 aliphatic rings. The van der Waals surface area contributed by atoms with Crippen molar-refractivity contribution in [1.29, 1.82) is 0 Å². The van der Waals surface area contributed by atoms with E-state index in [0.717, 1.165) is 11.4 Å². The van der Waals surface area contributed by atoms with E-state index in [1.807, 2.05) is 12.1 Å². The summed E-state index contributed by atoms with van der Waals surface area (Å²) in [5.74, 6) is 0. The molecule has 1 atom stereocenters. The number of nitrogens with one attached hydrogen (secondary N) is 1. The van der Waals surface area contributed by atoms with Crippen LogP contribution in [0.1, 0.15) is 51.5 Å². The highest BCUT2D eigenvalue weighted by atomic mass is 14.9. The Morgan fingerprint density at radius 2 is 1.88 bits per heavy atom. The van der Waals surface area contributed by atoms with Gasteiger partial charge in [0.25, 0.3) is 0 Å². The summed E-state index contributed by atoms with van der Waals surface area (Å²) in [6.45, 7) is 6.57. The molecule has 1 rings (SSSR count). The van der Waals surface area contributed by atoms with Gasteiger partial charge in [-0.3, -0.25) is 0 Å². The van der Waals surface area contributed by atoms with E-state index in [1.54, 1.807) is 0 Å². The predicted octanol–water partition coefficient (Wildman–Crippen LogP) is 4.35. The van der Waals surface area contributed by atoms with E-state index < -0.39 is 0 Å². The molecule has 0 radical (unpaired) electrons. The van der Waals surface area contributed by atoms with Gasteiger partial charge in [-0.05, 0) is 43.5 Å². The van der Waals surface area contributed by atoms with Crippen LogP contribution in [0.2, 0.25) is 0 Å². The van der Waals surface area contributed by atoms with Crippen molar-refractivity contribution in [1.82, 2.24) is 0 Å². The zero-order valence-corrected chi connectivity index (χ0v) is 11.4. The van der Waals surface area contributed by atoms with Gasteiger partial charge in [-0.25, -0.2) is 0 Å². The van der Waals surface area contributed by atoms with Crippen LogP contribution in [0.3, 0.4) is 0 Å². The molecule has 1 aromatic carbocycles. The number of aryl methyl sites for hydroxylation is 1. The van der Waals surface area contributed by atoms with E-state index in [9.17, 15) is 0 Å². The Hall–Kier alpha value is -1.18. The monoisotopic (exact) mass is 234 g/mol. The lowest BCUT2D eigenvalue weighted by Crippen LogP contribution is -2.19. The third-order valence-corrected chi connectivity index (χ3v) is 3.01. The summed E-state index contributed by atoms with van der Waals surface area (Å²) < 4.78 is 0. The second-order valence-corrected chi connectivity index (χ2v) is 4.90. The Morgan fingerprint density at radius 1 is 1.12 bits per heavy atom. The van der Waals surface area contributed by atoms with Gasteiger partial charge in [0.05, 0.1) is 0 Å². The highest BCUT2D eigenvalue weighted by Gasteiger charge is 2.07. The molecule has 0 fully saturated rings. The van der Waals surface area contributed by atoms with Crippen LogP contribution < -0.4 is 11.1 Å². The maximum atomic E-state index is 5.87. The molecule has 1 aromatic rings. The van der Waals surface area contributed by atoms with Crippen molar-refractivity contribution in [3.8, 4) is 0 Å². The summed E-state index contributed by atoms with van der Waals surface area (Å²) in [5, 5.41) is 3.62. The molecule has 2 heteroatoms. The third kappa shape index (κ3) is 5.12. The van der Waals surface area contributed by atoms with Crippen LogP contribution in [0.25, 0.3) is 0 Å². The second-order valence-electron chi connectivity index (χ2n) is 4.90. The lowest BCUT2D eigenvalue weighted by Gasteiger charge is -2.19. The summed E-state index contributed by atoms with van der Waals surface area (Å²) in [6.07, 6.45) is 6.26. The molecular formula is C15H26N2. The van der Waals surface area contributed by atoms with E-state index in [2.05, 4.69) is 32.2 Å². The summed E-state index contributed by atoms with van der Waals surface area (Å²) >= 11 is 0. The summed E-state index contributed by atoms with van der Waals surface area (Å²) in [6, 6.07) is 6.79. The van der Waals surface area contributed by atoms with Gasteiger partial charge in [-0.2, -0.15) is 0 Å². The molecule has 0 amide bonds. The molecule has 96 valence electrons. The van der Waals surface area contributed by atoms with Crippen LogP contribution in [0.15, 0.2) is 18.2 Å². The van der Waals surface area contributed by atoms with Gasteiger partial charge >= 0.3 is 0 Å². The first-order chi connectivity index (χ1) is 8.15. The molecular weight excluding hydrogens is 208 g/mol. The Balaban J connectivity index is 2.63. The van der Waals surface area contributed by atoms with Crippen molar-refractivity contribution < 1.29 is 0 Å². The standard InChI is InChI=1S/C15H26N2/c1-4-6-8-14(7-5-2)17-15-10-12(3)9-13(16)11-15/h9-11,14,17H,4-8,16H2,1-3H3. The Kier molecular flexibility index (Phi) is 5.88. The molecule has 17 heavy (non-hydrogen) atoms. The fraction of sp³-hybridized carbons (Fsp3) is 0.600. The van der Waals surface area contributed by atoms with Crippen LogP contribution in [0.4, 0.5) is 11.4 Å². The lowest BCUT2D eigenvalue weighted by molar-refractivity contribution is 0.564. The smallest absolute Gasteiger partial charge is 0.0365 e. The van der Waals surface area contributed by atoms with Gasteiger partial charge in [-0.15, -0.1) is 0 Å². The maximum Gasteiger partial charge on any atom is 0.0365 e. The van der Waals surface area contributed by atoms with E-state index in [4.69, 9.17) is 5.73 Å². The number of rotatable bonds is 7. The minimum Gasteiger partial charge on any atom is -0.399 e. The minimum atomic E-state index is 0.584. The van der Waals surface area contributed by atoms with Crippen molar-refractivity contribution in [2.45, 2.75) is 58.9 Å². The number of unbranched alkanes of at least 4 members (excludes halogenated alkanes) is 1. The zero-order valence-electron chi connectivity index (χ0n) is 11.4. The average molecular weight is 234 g/mol. The normalized spacial score (nSPS) is 12.4. The predicted molar refractivity (Wildman–Crippen MR) is 77.4 cm³/mol. The van der Waals surface area contributed by atoms with Gasteiger partial charge in [0, 0.05) is 17.4 Å². The number of hydrogen-bond donors (Lipinski definition) is 2. The van der Waals surface area contributed by atoms with Gasteiger partial charge in [-0.1, -0.05) is 33.1 Å². The Labute approximate surface area is 106 Å². The quantitative estimate of drug-likeness (QED) is 0.688. The number of nitrogens with two attached hydrogens (primary N) is 1. The van der Waals surface area contributed by atoms with Crippen LogP contribution >= 0.6 is 0 Å². The lowest BCUT2D eigenvalue weighted by atomic mass is 10.0. The van der Waals surface area contributed by atoms with Crippen molar-refractivity contribution >= 4 is 11.4 Å². The minimum absolute atomic E-state index is 0.584. The van der Waals surface area contributed by atoms with E-state index >= 15 is 0 Å². The Morgan fingerprint density at radius 3 is 2.47 bits per heavy atom. The van der Waals surface area contributed by atoms with Crippen LogP contribution in [0.5, 0.6) is 0 Å². The highest BCUT2D eigenvalue weighted by molar-refractivity contribution is 5.57. The molecule has 3 N–H and O–H groups in total. The molecule has 0 saturated heterocycles. The molecule has 0 saturated carbocycles. The molecule has 0 spiro atoms. The van der Waals surface area contributed by atoms with Gasteiger partial charge in [0.15, 0.2) is 0 Å². The van der Waals surface area contributed by atoms with E-state index in [1.165, 1.54) is 37.7 Å². The van der Waals surface area contributed by atoms with Crippen LogP contribution in [-0.2, 0) is 0 Å². The first kappa shape index (κ1) is 13.9. The first-order valence-corrected chi connectivity index (χ1v) is 6.79. The maximum absolute atomic E-state index is 5.87. The zero-order chi connectivity index (χ0) is 12.7. The molecule has 0 aliphatic heterocycles. The number of hydrogen-bond acceptors (Lipinski definition) is 2. The van der Waals surface area contributed by atoms with E-state index in [0.29, 0.717) is 6.04 Å². The largest absolute Gasteiger partial charge is 0.399 e. The number of benzene rings is 1.